The third-order valence-electron chi connectivity index (χ3n) is 2.19. The molecule has 96 valence electrons. The Labute approximate surface area is 115 Å². The van der Waals surface area contributed by atoms with Crippen LogP contribution in [0.5, 0.6) is 0 Å². The maximum Gasteiger partial charge on any atom is 0.226 e. The SMILES string of the molecule is CCCOCCC(=O)Nc1ccc(C#N)cc1Br. The number of benzene rings is 1. The molecule has 1 amide bonds. The summed E-state index contributed by atoms with van der Waals surface area (Å²) in [7, 11) is 0. The highest BCUT2D eigenvalue weighted by Crippen LogP contribution is 2.23. The molecule has 0 atom stereocenters. The van der Waals surface area contributed by atoms with E-state index in [9.17, 15) is 4.79 Å². The summed E-state index contributed by atoms with van der Waals surface area (Å²) in [5.74, 6) is -0.100. The van der Waals surface area contributed by atoms with Crippen LogP contribution in [0.4, 0.5) is 5.69 Å². The van der Waals surface area contributed by atoms with Crippen LogP contribution in [-0.2, 0) is 9.53 Å². The van der Waals surface area contributed by atoms with Crippen molar-refractivity contribution < 1.29 is 9.53 Å². The molecule has 1 aromatic carbocycles. The smallest absolute Gasteiger partial charge is 0.226 e. The Morgan fingerprint density at radius 3 is 2.89 bits per heavy atom. The van der Waals surface area contributed by atoms with Crippen molar-refractivity contribution in [3.63, 3.8) is 0 Å². The number of hydrogen-bond acceptors (Lipinski definition) is 3. The second kappa shape index (κ2) is 7.85. The maximum absolute atomic E-state index is 11.6. The molecule has 1 rings (SSSR count). The minimum absolute atomic E-state index is 0.100. The van der Waals surface area contributed by atoms with Crippen LogP contribution in [0.15, 0.2) is 22.7 Å². The standard InChI is InChI=1S/C13H15BrN2O2/c1-2-6-18-7-5-13(17)16-12-4-3-10(9-15)8-11(12)14/h3-4,8H,2,5-7H2,1H3,(H,16,17). The van der Waals surface area contributed by atoms with Gasteiger partial charge in [-0.15, -0.1) is 0 Å². The van der Waals surface area contributed by atoms with E-state index in [0.717, 1.165) is 6.42 Å². The molecule has 0 saturated heterocycles. The van der Waals surface area contributed by atoms with Gasteiger partial charge in [-0.1, -0.05) is 6.92 Å². The minimum atomic E-state index is -0.100. The van der Waals surface area contributed by atoms with E-state index < -0.39 is 0 Å². The van der Waals surface area contributed by atoms with Crippen molar-refractivity contribution in [1.82, 2.24) is 0 Å². The molecular weight excluding hydrogens is 296 g/mol. The number of hydrogen-bond donors (Lipinski definition) is 1. The van der Waals surface area contributed by atoms with Crippen molar-refractivity contribution >= 4 is 27.5 Å². The molecule has 0 aromatic heterocycles. The van der Waals surface area contributed by atoms with E-state index in [1.54, 1.807) is 18.2 Å². The second-order valence-corrected chi connectivity index (χ2v) is 4.57. The van der Waals surface area contributed by atoms with Crippen molar-refractivity contribution in [1.29, 1.82) is 5.26 Å². The van der Waals surface area contributed by atoms with Crippen LogP contribution in [0.2, 0.25) is 0 Å². The number of nitrogens with zero attached hydrogens (tertiary/aromatic N) is 1. The lowest BCUT2D eigenvalue weighted by molar-refractivity contribution is -0.117. The van der Waals surface area contributed by atoms with Gasteiger partial charge in [-0.3, -0.25) is 4.79 Å². The lowest BCUT2D eigenvalue weighted by Crippen LogP contribution is -2.14. The highest BCUT2D eigenvalue weighted by atomic mass is 79.9. The first kappa shape index (κ1) is 14.7. The summed E-state index contributed by atoms with van der Waals surface area (Å²) in [5.41, 5.74) is 1.21. The molecule has 0 radical (unpaired) electrons. The van der Waals surface area contributed by atoms with Crippen molar-refractivity contribution in [3.05, 3.63) is 28.2 Å². The number of carbonyl (C=O) groups is 1. The van der Waals surface area contributed by atoms with Gasteiger partial charge in [-0.25, -0.2) is 0 Å². The third kappa shape index (κ3) is 4.86. The van der Waals surface area contributed by atoms with Gasteiger partial charge in [0.2, 0.25) is 5.91 Å². The Bertz CT molecular complexity index is 455. The van der Waals surface area contributed by atoms with Gasteiger partial charge in [0.25, 0.3) is 0 Å². The summed E-state index contributed by atoms with van der Waals surface area (Å²) in [4.78, 5) is 11.6. The molecule has 0 aliphatic carbocycles. The molecule has 18 heavy (non-hydrogen) atoms. The van der Waals surface area contributed by atoms with Crippen molar-refractivity contribution in [2.75, 3.05) is 18.5 Å². The van der Waals surface area contributed by atoms with Crippen molar-refractivity contribution in [3.8, 4) is 6.07 Å². The topological polar surface area (TPSA) is 62.1 Å². The molecule has 0 spiro atoms. The minimum Gasteiger partial charge on any atom is -0.381 e. The van der Waals surface area contributed by atoms with Crippen LogP contribution in [0, 0.1) is 11.3 Å². The fourth-order valence-electron chi connectivity index (χ4n) is 1.31. The van der Waals surface area contributed by atoms with Gasteiger partial charge < -0.3 is 10.1 Å². The summed E-state index contributed by atoms with van der Waals surface area (Å²) < 4.78 is 5.94. The first-order valence-electron chi connectivity index (χ1n) is 5.74. The van der Waals surface area contributed by atoms with Crippen molar-refractivity contribution in [2.45, 2.75) is 19.8 Å². The number of anilines is 1. The molecule has 0 aliphatic rings. The van der Waals surface area contributed by atoms with Gasteiger partial charge in [0.15, 0.2) is 0 Å². The van der Waals surface area contributed by atoms with Crippen LogP contribution in [0.3, 0.4) is 0 Å². The summed E-state index contributed by atoms with van der Waals surface area (Å²) in [6.07, 6.45) is 1.27. The van der Waals surface area contributed by atoms with Crippen molar-refractivity contribution in [2.24, 2.45) is 0 Å². The van der Waals surface area contributed by atoms with Gasteiger partial charge in [0, 0.05) is 11.1 Å². The van der Waals surface area contributed by atoms with Crippen LogP contribution in [0.1, 0.15) is 25.3 Å². The number of halogens is 1. The molecule has 0 heterocycles. The first-order chi connectivity index (χ1) is 8.67. The lowest BCUT2D eigenvalue weighted by atomic mass is 10.2. The molecule has 0 bridgehead atoms. The molecule has 0 fully saturated rings. The Balaban J connectivity index is 2.47. The Hall–Kier alpha value is -1.38. The van der Waals surface area contributed by atoms with E-state index in [1.165, 1.54) is 0 Å². The summed E-state index contributed by atoms with van der Waals surface area (Å²) in [5, 5.41) is 11.5. The van der Waals surface area contributed by atoms with E-state index in [4.69, 9.17) is 10.00 Å². The average Bonchev–Trinajstić information content (AvgIpc) is 2.37. The normalized spacial score (nSPS) is 9.83. The molecule has 1 aromatic rings. The average molecular weight is 311 g/mol. The number of nitrogens with one attached hydrogen (secondary N) is 1. The van der Waals surface area contributed by atoms with Gasteiger partial charge in [0.05, 0.1) is 30.3 Å². The molecule has 0 unspecified atom stereocenters. The zero-order valence-electron chi connectivity index (χ0n) is 10.2. The molecule has 5 heteroatoms. The predicted octanol–water partition coefficient (Wildman–Crippen LogP) is 3.08. The molecular formula is C13H15BrN2O2. The highest BCUT2D eigenvalue weighted by molar-refractivity contribution is 9.10. The molecule has 0 saturated carbocycles. The lowest BCUT2D eigenvalue weighted by Gasteiger charge is -2.07. The number of amides is 1. The molecule has 1 N–H and O–H groups in total. The summed E-state index contributed by atoms with van der Waals surface area (Å²) >= 11 is 3.31. The van der Waals surface area contributed by atoms with Crippen LogP contribution >= 0.6 is 15.9 Å². The van der Waals surface area contributed by atoms with E-state index >= 15 is 0 Å². The van der Waals surface area contributed by atoms with Crippen LogP contribution in [0.25, 0.3) is 0 Å². The fraction of sp³-hybridized carbons (Fsp3) is 0.385. The number of rotatable bonds is 6. The van der Waals surface area contributed by atoms with E-state index in [2.05, 4.69) is 21.2 Å². The predicted molar refractivity (Wildman–Crippen MR) is 73.2 cm³/mol. The largest absolute Gasteiger partial charge is 0.381 e. The number of carbonyl (C=O) groups excluding carboxylic acids is 1. The molecule has 0 aliphatic heterocycles. The van der Waals surface area contributed by atoms with Gasteiger partial charge in [-0.05, 0) is 40.5 Å². The Kier molecular flexibility index (Phi) is 6.40. The van der Waals surface area contributed by atoms with Gasteiger partial charge in [0.1, 0.15) is 0 Å². The monoisotopic (exact) mass is 310 g/mol. The quantitative estimate of drug-likeness (QED) is 0.821. The summed E-state index contributed by atoms with van der Waals surface area (Å²) in [6.45, 7) is 3.12. The van der Waals surface area contributed by atoms with Crippen LogP contribution < -0.4 is 5.32 Å². The number of nitriles is 1. The van der Waals surface area contributed by atoms with Gasteiger partial charge in [-0.2, -0.15) is 5.26 Å². The maximum atomic E-state index is 11.6. The van der Waals surface area contributed by atoms with Gasteiger partial charge >= 0.3 is 0 Å². The first-order valence-corrected chi connectivity index (χ1v) is 6.54. The fourth-order valence-corrected chi connectivity index (χ4v) is 1.79. The third-order valence-corrected chi connectivity index (χ3v) is 2.85. The highest BCUT2D eigenvalue weighted by Gasteiger charge is 2.06. The van der Waals surface area contributed by atoms with E-state index in [0.29, 0.717) is 35.4 Å². The zero-order valence-corrected chi connectivity index (χ0v) is 11.8. The number of ether oxygens (including phenoxy) is 1. The van der Waals surface area contributed by atoms with E-state index in [-0.39, 0.29) is 5.91 Å². The molecule has 4 nitrogen and oxygen atoms in total. The van der Waals surface area contributed by atoms with Crippen LogP contribution in [-0.4, -0.2) is 19.1 Å². The summed E-state index contributed by atoms with van der Waals surface area (Å²) in [6, 6.07) is 7.07. The van der Waals surface area contributed by atoms with E-state index in [1.807, 2.05) is 13.0 Å². The Morgan fingerprint density at radius 2 is 2.28 bits per heavy atom. The second-order valence-electron chi connectivity index (χ2n) is 3.72. The zero-order chi connectivity index (χ0) is 13.4. The Morgan fingerprint density at radius 1 is 1.50 bits per heavy atom.